The normalized spacial score (nSPS) is 23.6. The van der Waals surface area contributed by atoms with Gasteiger partial charge >= 0.3 is 12.1 Å². The van der Waals surface area contributed by atoms with E-state index >= 15 is 0 Å². The number of benzene rings is 2. The zero-order valence-corrected chi connectivity index (χ0v) is 21.1. The Morgan fingerprint density at radius 1 is 1.14 bits per heavy atom. The van der Waals surface area contributed by atoms with Crippen molar-refractivity contribution in [1.29, 1.82) is 0 Å². The van der Waals surface area contributed by atoms with Crippen LogP contribution < -0.4 is 5.32 Å². The van der Waals surface area contributed by atoms with E-state index in [1.807, 2.05) is 6.07 Å². The minimum atomic E-state index is -4.39. The van der Waals surface area contributed by atoms with E-state index in [1.54, 1.807) is 12.3 Å². The van der Waals surface area contributed by atoms with Gasteiger partial charge in [-0.15, -0.1) is 0 Å². The lowest BCUT2D eigenvalue weighted by Gasteiger charge is -2.56. The molecule has 5 nitrogen and oxygen atoms in total. The van der Waals surface area contributed by atoms with Gasteiger partial charge in [0.25, 0.3) is 5.91 Å². The average molecular weight is 567 g/mol. The highest BCUT2D eigenvalue weighted by Crippen LogP contribution is 2.59. The summed E-state index contributed by atoms with van der Waals surface area (Å²) in [4.78, 5) is 29.5. The second-order valence-corrected chi connectivity index (χ2v) is 11.4. The summed E-state index contributed by atoms with van der Waals surface area (Å²) in [5, 5.41) is 3.84. The molecular formula is C25H22BrF3N2O3S. The van der Waals surface area contributed by atoms with Crippen LogP contribution in [0.4, 0.5) is 13.2 Å². The molecule has 5 rings (SSSR count). The van der Waals surface area contributed by atoms with Crippen LogP contribution in [-0.2, 0) is 15.7 Å². The Labute approximate surface area is 212 Å². The lowest BCUT2D eigenvalue weighted by molar-refractivity contribution is -0.159. The maximum absolute atomic E-state index is 13.3. The van der Waals surface area contributed by atoms with Gasteiger partial charge in [-0.05, 0) is 67.5 Å². The number of H-pyrrole nitrogens is 1. The molecule has 2 aliphatic carbocycles. The van der Waals surface area contributed by atoms with Crippen LogP contribution in [0.25, 0.3) is 10.9 Å². The zero-order chi connectivity index (χ0) is 25.0. The number of hydrogen-bond acceptors (Lipinski definition) is 4. The second-order valence-electron chi connectivity index (χ2n) is 9.36. The van der Waals surface area contributed by atoms with E-state index < -0.39 is 11.7 Å². The van der Waals surface area contributed by atoms with Crippen LogP contribution in [0, 0.1) is 11.3 Å². The largest absolute Gasteiger partial charge is 0.469 e. The van der Waals surface area contributed by atoms with Crippen molar-refractivity contribution in [3.05, 3.63) is 58.2 Å². The predicted molar refractivity (Wildman–Crippen MR) is 129 cm³/mol. The average Bonchev–Trinajstić information content (AvgIpc) is 3.15. The molecule has 1 spiro atoms. The molecule has 1 heterocycles. The molecule has 10 heteroatoms. The van der Waals surface area contributed by atoms with Crippen LogP contribution in [0.5, 0.6) is 0 Å². The molecular weight excluding hydrogens is 545 g/mol. The molecule has 2 N–H and O–H groups in total. The summed E-state index contributed by atoms with van der Waals surface area (Å²) in [6, 6.07) is 8.63. The van der Waals surface area contributed by atoms with Crippen molar-refractivity contribution < 1.29 is 27.5 Å². The number of nitrogens with one attached hydrogen (secondary N) is 2. The number of amides is 1. The number of rotatable bonds is 5. The van der Waals surface area contributed by atoms with Crippen LogP contribution in [-0.4, -0.2) is 30.0 Å². The highest BCUT2D eigenvalue weighted by atomic mass is 79.9. The monoisotopic (exact) mass is 566 g/mol. The van der Waals surface area contributed by atoms with Crippen molar-refractivity contribution >= 4 is 50.5 Å². The number of carbonyl (C=O) groups excluding carboxylic acids is 2. The van der Waals surface area contributed by atoms with Gasteiger partial charge in [0.05, 0.1) is 24.2 Å². The number of aromatic nitrogens is 1. The van der Waals surface area contributed by atoms with Gasteiger partial charge in [-0.3, -0.25) is 9.59 Å². The molecule has 1 aromatic heterocycles. The Hall–Kier alpha value is -2.46. The van der Waals surface area contributed by atoms with Crippen molar-refractivity contribution in [3.8, 4) is 0 Å². The SMILES string of the molecule is COC(=O)C1CC2(CC(NC(=O)c3cc(Br)cc4[nH]cc(Sc5ccc(C(F)(F)F)cc5)c34)C2)C1. The summed E-state index contributed by atoms with van der Waals surface area (Å²) in [7, 11) is 1.40. The van der Waals surface area contributed by atoms with Crippen LogP contribution in [0.15, 0.2) is 56.9 Å². The standard InChI is InChI=1S/C25H22BrF3N2O3S/c1-34-23(33)13-8-24(9-13)10-16(11-24)31-22(32)18-6-15(26)7-19-21(18)20(12-30-19)35-17-4-2-14(3-5-17)25(27,28)29/h2-7,12-13,16,30H,8-11H2,1H3,(H,31,32). The third-order valence-electron chi connectivity index (χ3n) is 6.95. The molecule has 0 bridgehead atoms. The minimum Gasteiger partial charge on any atom is -0.469 e. The number of methoxy groups -OCH3 is 1. The Morgan fingerprint density at radius 3 is 2.46 bits per heavy atom. The molecule has 2 aliphatic rings. The summed E-state index contributed by atoms with van der Waals surface area (Å²) < 4.78 is 44.2. The van der Waals surface area contributed by atoms with E-state index in [4.69, 9.17) is 4.74 Å². The van der Waals surface area contributed by atoms with E-state index in [1.165, 1.54) is 31.0 Å². The first-order chi connectivity index (χ1) is 16.6. The molecule has 2 fully saturated rings. The van der Waals surface area contributed by atoms with Gasteiger partial charge in [0, 0.05) is 37.4 Å². The Kier molecular flexibility index (Phi) is 6.15. The van der Waals surface area contributed by atoms with Crippen LogP contribution >= 0.6 is 27.7 Å². The Morgan fingerprint density at radius 2 is 1.83 bits per heavy atom. The Bertz CT molecular complexity index is 1290. The van der Waals surface area contributed by atoms with Crippen LogP contribution in [0.2, 0.25) is 0 Å². The first-order valence-electron chi connectivity index (χ1n) is 11.1. The molecule has 0 atom stereocenters. The lowest BCUT2D eigenvalue weighted by Crippen LogP contribution is -2.57. The van der Waals surface area contributed by atoms with Crippen molar-refractivity contribution in [1.82, 2.24) is 10.3 Å². The summed E-state index contributed by atoms with van der Waals surface area (Å²) >= 11 is 4.76. The fraction of sp³-hybridized carbons (Fsp3) is 0.360. The summed E-state index contributed by atoms with van der Waals surface area (Å²) in [5.74, 6) is -0.398. The van der Waals surface area contributed by atoms with Gasteiger partial charge in [0.15, 0.2) is 0 Å². The molecule has 0 saturated heterocycles. The molecule has 3 aromatic rings. The molecule has 1 amide bonds. The number of carbonyl (C=O) groups is 2. The molecule has 35 heavy (non-hydrogen) atoms. The van der Waals surface area contributed by atoms with E-state index in [0.29, 0.717) is 10.5 Å². The smallest absolute Gasteiger partial charge is 0.416 e. The molecule has 0 aliphatic heterocycles. The molecule has 184 valence electrons. The van der Waals surface area contributed by atoms with Gasteiger partial charge in [-0.2, -0.15) is 13.2 Å². The van der Waals surface area contributed by atoms with Gasteiger partial charge in [-0.25, -0.2) is 0 Å². The highest BCUT2D eigenvalue weighted by Gasteiger charge is 2.55. The minimum absolute atomic E-state index is 0.0361. The van der Waals surface area contributed by atoms with Gasteiger partial charge in [0.1, 0.15) is 0 Å². The van der Waals surface area contributed by atoms with Crippen molar-refractivity contribution in [2.75, 3.05) is 7.11 Å². The van der Waals surface area contributed by atoms with Gasteiger partial charge in [-0.1, -0.05) is 27.7 Å². The number of alkyl halides is 3. The highest BCUT2D eigenvalue weighted by molar-refractivity contribution is 9.10. The number of halogens is 4. The second kappa shape index (κ2) is 8.89. The summed E-state index contributed by atoms with van der Waals surface area (Å²) in [6.45, 7) is 0. The van der Waals surface area contributed by atoms with E-state index in [9.17, 15) is 22.8 Å². The van der Waals surface area contributed by atoms with Crippen LogP contribution in [0.3, 0.4) is 0 Å². The molecule has 0 unspecified atom stereocenters. The van der Waals surface area contributed by atoms with Gasteiger partial charge in [0.2, 0.25) is 0 Å². The third kappa shape index (κ3) is 4.70. The van der Waals surface area contributed by atoms with Gasteiger partial charge < -0.3 is 15.0 Å². The molecule has 2 saturated carbocycles. The topological polar surface area (TPSA) is 71.2 Å². The first kappa shape index (κ1) is 24.2. The van der Waals surface area contributed by atoms with E-state index in [-0.39, 0.29) is 29.3 Å². The fourth-order valence-electron chi connectivity index (χ4n) is 5.30. The van der Waals surface area contributed by atoms with Crippen molar-refractivity contribution in [3.63, 3.8) is 0 Å². The number of esters is 1. The van der Waals surface area contributed by atoms with Crippen LogP contribution in [0.1, 0.15) is 41.6 Å². The fourth-order valence-corrected chi connectivity index (χ4v) is 6.73. The lowest BCUT2D eigenvalue weighted by atomic mass is 9.50. The maximum Gasteiger partial charge on any atom is 0.416 e. The van der Waals surface area contributed by atoms with E-state index in [0.717, 1.165) is 58.1 Å². The number of fused-ring (bicyclic) bond motifs is 1. The van der Waals surface area contributed by atoms with Crippen molar-refractivity contribution in [2.24, 2.45) is 11.3 Å². The quantitative estimate of drug-likeness (QED) is 0.343. The number of aromatic amines is 1. The number of hydrogen-bond donors (Lipinski definition) is 2. The Balaban J connectivity index is 1.31. The third-order valence-corrected chi connectivity index (χ3v) is 8.46. The zero-order valence-electron chi connectivity index (χ0n) is 18.7. The summed E-state index contributed by atoms with van der Waals surface area (Å²) in [6.07, 6.45) is 0.655. The summed E-state index contributed by atoms with van der Waals surface area (Å²) in [5.41, 5.74) is 0.671. The first-order valence-corrected chi connectivity index (χ1v) is 12.7. The predicted octanol–water partition coefficient (Wildman–Crippen LogP) is 6.56. The van der Waals surface area contributed by atoms with E-state index in [2.05, 4.69) is 26.2 Å². The number of ether oxygens (including phenoxy) is 1. The molecule has 0 radical (unpaired) electrons. The maximum atomic E-state index is 13.3. The molecule has 2 aromatic carbocycles. The van der Waals surface area contributed by atoms with Crippen molar-refractivity contribution in [2.45, 2.75) is 47.7 Å².